The van der Waals surface area contributed by atoms with E-state index >= 15 is 0 Å². The number of pyridine rings is 1. The fourth-order valence-electron chi connectivity index (χ4n) is 1.81. The van der Waals surface area contributed by atoms with E-state index in [0.717, 1.165) is 5.56 Å². The van der Waals surface area contributed by atoms with E-state index in [1.807, 2.05) is 30.3 Å². The predicted molar refractivity (Wildman–Crippen MR) is 77.2 cm³/mol. The molecular weight excluding hydrogens is 278 g/mol. The van der Waals surface area contributed by atoms with Gasteiger partial charge in [-0.3, -0.25) is 4.79 Å². The second-order valence-electron chi connectivity index (χ2n) is 4.21. The van der Waals surface area contributed by atoms with Crippen LogP contribution in [0.25, 0.3) is 0 Å². The number of rotatable bonds is 4. The van der Waals surface area contributed by atoms with Gasteiger partial charge in [-0.2, -0.15) is 0 Å². The van der Waals surface area contributed by atoms with Gasteiger partial charge in [-0.25, -0.2) is 4.79 Å². The molecule has 0 bridgehead atoms. The third-order valence-corrected chi connectivity index (χ3v) is 3.08. The van der Waals surface area contributed by atoms with Crippen molar-refractivity contribution in [3.8, 4) is 0 Å². The molecule has 0 spiro atoms. The van der Waals surface area contributed by atoms with Gasteiger partial charge < -0.3 is 9.30 Å². The first kappa shape index (κ1) is 14.3. The zero-order valence-corrected chi connectivity index (χ0v) is 11.8. The Labute approximate surface area is 121 Å². The van der Waals surface area contributed by atoms with E-state index in [2.05, 4.69) is 0 Å². The number of benzene rings is 1. The number of ether oxygens (including phenoxy) is 1. The minimum atomic E-state index is -0.528. The van der Waals surface area contributed by atoms with Crippen molar-refractivity contribution in [2.75, 3.05) is 6.61 Å². The molecule has 104 valence electrons. The highest BCUT2D eigenvalue weighted by molar-refractivity contribution is 6.33. The molecule has 0 radical (unpaired) electrons. The fourth-order valence-corrected chi connectivity index (χ4v) is 2.03. The highest BCUT2D eigenvalue weighted by atomic mass is 35.5. The maximum Gasteiger partial charge on any atom is 0.341 e. The highest BCUT2D eigenvalue weighted by Crippen LogP contribution is 2.14. The van der Waals surface area contributed by atoms with E-state index in [0.29, 0.717) is 6.54 Å². The van der Waals surface area contributed by atoms with Crippen molar-refractivity contribution in [3.63, 3.8) is 0 Å². The third-order valence-electron chi connectivity index (χ3n) is 2.77. The minimum Gasteiger partial charge on any atom is -0.462 e. The molecule has 2 rings (SSSR count). The highest BCUT2D eigenvalue weighted by Gasteiger charge is 2.14. The zero-order chi connectivity index (χ0) is 14.5. The first-order valence-electron chi connectivity index (χ1n) is 6.23. The lowest BCUT2D eigenvalue weighted by atomic mass is 10.2. The second kappa shape index (κ2) is 6.39. The molecule has 0 unspecified atom stereocenters. The smallest absolute Gasteiger partial charge is 0.341 e. The molecule has 0 fully saturated rings. The largest absolute Gasteiger partial charge is 0.462 e. The number of carbonyl (C=O) groups is 1. The standard InChI is InChI=1S/C15H14ClNO3/c1-2-20-15(19)12-10-17(14(18)8-13(12)16)9-11-6-4-3-5-7-11/h3-8,10H,2,9H2,1H3. The first-order valence-corrected chi connectivity index (χ1v) is 6.60. The maximum atomic E-state index is 11.9. The van der Waals surface area contributed by atoms with Gasteiger partial charge in [0.05, 0.1) is 23.7 Å². The van der Waals surface area contributed by atoms with E-state index in [1.165, 1.54) is 16.8 Å². The van der Waals surface area contributed by atoms with Crippen molar-refractivity contribution in [1.82, 2.24) is 4.57 Å². The number of hydrogen-bond acceptors (Lipinski definition) is 3. The fraction of sp³-hybridized carbons (Fsp3) is 0.200. The zero-order valence-electron chi connectivity index (χ0n) is 11.0. The Hall–Kier alpha value is -2.07. The number of aromatic nitrogens is 1. The normalized spacial score (nSPS) is 10.3. The summed E-state index contributed by atoms with van der Waals surface area (Å²) in [5.41, 5.74) is 0.905. The molecule has 0 aliphatic carbocycles. The lowest BCUT2D eigenvalue weighted by molar-refractivity contribution is 0.0525. The Balaban J connectivity index is 2.36. The van der Waals surface area contributed by atoms with E-state index in [1.54, 1.807) is 6.92 Å². The van der Waals surface area contributed by atoms with Gasteiger partial charge in [0.15, 0.2) is 0 Å². The second-order valence-corrected chi connectivity index (χ2v) is 4.61. The van der Waals surface area contributed by atoms with Crippen molar-refractivity contribution in [3.05, 3.63) is 69.1 Å². The summed E-state index contributed by atoms with van der Waals surface area (Å²) < 4.78 is 6.35. The maximum absolute atomic E-state index is 11.9. The summed E-state index contributed by atoms with van der Waals surface area (Å²) >= 11 is 5.92. The number of halogens is 1. The van der Waals surface area contributed by atoms with Crippen LogP contribution in [0, 0.1) is 0 Å². The summed E-state index contributed by atoms with van der Waals surface area (Å²) in [6.07, 6.45) is 1.44. The van der Waals surface area contributed by atoms with Crippen molar-refractivity contribution in [1.29, 1.82) is 0 Å². The minimum absolute atomic E-state index is 0.109. The first-order chi connectivity index (χ1) is 9.61. The molecule has 1 heterocycles. The molecular formula is C15H14ClNO3. The van der Waals surface area contributed by atoms with Crippen LogP contribution in [-0.2, 0) is 11.3 Å². The van der Waals surface area contributed by atoms with Crippen LogP contribution in [-0.4, -0.2) is 17.1 Å². The average Bonchev–Trinajstić information content (AvgIpc) is 2.43. The Morgan fingerprint density at radius 2 is 2.00 bits per heavy atom. The topological polar surface area (TPSA) is 48.3 Å². The van der Waals surface area contributed by atoms with Crippen molar-refractivity contribution < 1.29 is 9.53 Å². The molecule has 0 aliphatic heterocycles. The predicted octanol–water partition coefficient (Wildman–Crippen LogP) is 2.73. The van der Waals surface area contributed by atoms with Gasteiger partial charge >= 0.3 is 5.97 Å². The summed E-state index contributed by atoms with van der Waals surface area (Å²) in [5, 5.41) is 0.109. The van der Waals surface area contributed by atoms with Crippen LogP contribution in [0.15, 0.2) is 47.4 Å². The molecule has 1 aromatic carbocycles. The summed E-state index contributed by atoms with van der Waals surface area (Å²) in [7, 11) is 0. The van der Waals surface area contributed by atoms with E-state index in [9.17, 15) is 9.59 Å². The van der Waals surface area contributed by atoms with Crippen LogP contribution < -0.4 is 5.56 Å². The molecule has 20 heavy (non-hydrogen) atoms. The molecule has 0 N–H and O–H groups in total. The summed E-state index contributed by atoms with van der Waals surface area (Å²) in [6.45, 7) is 2.35. The van der Waals surface area contributed by atoms with Crippen LogP contribution in [0.5, 0.6) is 0 Å². The molecule has 2 aromatic rings. The Morgan fingerprint density at radius 1 is 1.30 bits per heavy atom. The average molecular weight is 292 g/mol. The molecule has 0 amide bonds. The molecule has 4 nitrogen and oxygen atoms in total. The van der Waals surface area contributed by atoms with Crippen molar-refractivity contribution in [2.24, 2.45) is 0 Å². The van der Waals surface area contributed by atoms with Gasteiger partial charge in [0.2, 0.25) is 0 Å². The van der Waals surface area contributed by atoms with Crippen LogP contribution in [0.3, 0.4) is 0 Å². The number of nitrogens with zero attached hydrogens (tertiary/aromatic N) is 1. The molecule has 5 heteroatoms. The Kier molecular flexibility index (Phi) is 4.58. The van der Waals surface area contributed by atoms with E-state index in [4.69, 9.17) is 16.3 Å². The number of hydrogen-bond donors (Lipinski definition) is 0. The van der Waals surface area contributed by atoms with E-state index in [-0.39, 0.29) is 22.8 Å². The molecule has 0 saturated heterocycles. The Morgan fingerprint density at radius 3 is 2.65 bits per heavy atom. The van der Waals surface area contributed by atoms with Crippen LogP contribution in [0.4, 0.5) is 0 Å². The monoisotopic (exact) mass is 291 g/mol. The van der Waals surface area contributed by atoms with Gasteiger partial charge in [0, 0.05) is 12.3 Å². The molecule has 0 atom stereocenters. The number of esters is 1. The van der Waals surface area contributed by atoms with Crippen molar-refractivity contribution >= 4 is 17.6 Å². The summed E-state index contributed by atoms with van der Waals surface area (Å²) in [5.74, 6) is -0.528. The molecule has 1 aromatic heterocycles. The van der Waals surface area contributed by atoms with Gasteiger partial charge in [-0.1, -0.05) is 41.9 Å². The van der Waals surface area contributed by atoms with Crippen LogP contribution >= 0.6 is 11.6 Å². The van der Waals surface area contributed by atoms with Gasteiger partial charge in [0.25, 0.3) is 5.56 Å². The Bertz CT molecular complexity index is 665. The molecule has 0 saturated carbocycles. The lowest BCUT2D eigenvalue weighted by Gasteiger charge is -2.09. The van der Waals surface area contributed by atoms with E-state index < -0.39 is 5.97 Å². The van der Waals surface area contributed by atoms with Gasteiger partial charge in [-0.05, 0) is 12.5 Å². The van der Waals surface area contributed by atoms with Crippen LogP contribution in [0.1, 0.15) is 22.8 Å². The van der Waals surface area contributed by atoms with Crippen LogP contribution in [0.2, 0.25) is 5.02 Å². The third kappa shape index (κ3) is 3.27. The SMILES string of the molecule is CCOC(=O)c1cn(Cc2ccccc2)c(=O)cc1Cl. The lowest BCUT2D eigenvalue weighted by Crippen LogP contribution is -2.22. The van der Waals surface area contributed by atoms with Gasteiger partial charge in [0.1, 0.15) is 0 Å². The van der Waals surface area contributed by atoms with Crippen molar-refractivity contribution in [2.45, 2.75) is 13.5 Å². The summed E-state index contributed by atoms with van der Waals surface area (Å²) in [6, 6.07) is 10.7. The molecule has 0 aliphatic rings. The number of carbonyl (C=O) groups excluding carboxylic acids is 1. The summed E-state index contributed by atoms with van der Waals surface area (Å²) in [4.78, 5) is 23.7. The van der Waals surface area contributed by atoms with Gasteiger partial charge in [-0.15, -0.1) is 0 Å². The quantitative estimate of drug-likeness (QED) is 0.814.